The smallest absolute Gasteiger partial charge is 0.196 e. The summed E-state index contributed by atoms with van der Waals surface area (Å²) in [5.41, 5.74) is 2.26. The van der Waals surface area contributed by atoms with Gasteiger partial charge in [0, 0.05) is 18.8 Å². The van der Waals surface area contributed by atoms with Gasteiger partial charge in [-0.05, 0) is 35.3 Å². The first kappa shape index (κ1) is 25.1. The Bertz CT molecular complexity index is 697. The second kappa shape index (κ2) is 13.3. The number of hydrogen-bond donors (Lipinski definition) is 1. The number of aliphatic hydroxyl groups is 1. The maximum Gasteiger partial charge on any atom is 0.196 e. The highest BCUT2D eigenvalue weighted by atomic mass is 16.5. The van der Waals surface area contributed by atoms with Crippen LogP contribution in [0.3, 0.4) is 0 Å². The number of Topliss-reactive ketones (excluding diaryl/α,β-unsaturated/α-hetero) is 1. The molecule has 0 aromatic heterocycles. The lowest BCUT2D eigenvalue weighted by atomic mass is 9.92. The van der Waals surface area contributed by atoms with Crippen LogP contribution >= 0.6 is 0 Å². The Morgan fingerprint density at radius 1 is 0.793 bits per heavy atom. The molecule has 1 atom stereocenters. The zero-order valence-electron chi connectivity index (χ0n) is 18.9. The fourth-order valence-corrected chi connectivity index (χ4v) is 2.85. The molecule has 1 N–H and O–H groups in total. The SMILES string of the molecule is CC(C)COCC(C)C.CC(C)Cc1ccccc1C(=O)C(O)c1ccccc1. The molecule has 2 aromatic rings. The molecule has 0 bridgehead atoms. The van der Waals surface area contributed by atoms with Gasteiger partial charge in [0.25, 0.3) is 0 Å². The van der Waals surface area contributed by atoms with E-state index in [9.17, 15) is 9.90 Å². The number of ketones is 1. The van der Waals surface area contributed by atoms with Gasteiger partial charge in [0.15, 0.2) is 5.78 Å². The fourth-order valence-electron chi connectivity index (χ4n) is 2.85. The van der Waals surface area contributed by atoms with Crippen LogP contribution in [-0.4, -0.2) is 24.1 Å². The summed E-state index contributed by atoms with van der Waals surface area (Å²) < 4.78 is 5.36. The molecule has 160 valence electrons. The molecule has 29 heavy (non-hydrogen) atoms. The van der Waals surface area contributed by atoms with Crippen molar-refractivity contribution in [2.75, 3.05) is 13.2 Å². The van der Waals surface area contributed by atoms with Crippen LogP contribution in [0.1, 0.15) is 69.1 Å². The molecular formula is C26H38O3. The van der Waals surface area contributed by atoms with Crippen LogP contribution in [0, 0.1) is 17.8 Å². The molecule has 0 radical (unpaired) electrons. The molecule has 2 rings (SSSR count). The molecule has 0 aliphatic rings. The largest absolute Gasteiger partial charge is 0.381 e. The van der Waals surface area contributed by atoms with Crippen LogP contribution in [0.25, 0.3) is 0 Å². The second-order valence-corrected chi connectivity index (χ2v) is 8.76. The number of benzene rings is 2. The van der Waals surface area contributed by atoms with Crippen molar-refractivity contribution in [1.29, 1.82) is 0 Å². The maximum atomic E-state index is 12.5. The first-order valence-electron chi connectivity index (χ1n) is 10.6. The van der Waals surface area contributed by atoms with Crippen LogP contribution < -0.4 is 0 Å². The minimum absolute atomic E-state index is 0.229. The van der Waals surface area contributed by atoms with Gasteiger partial charge in [0.1, 0.15) is 6.10 Å². The van der Waals surface area contributed by atoms with Crippen molar-refractivity contribution in [3.63, 3.8) is 0 Å². The summed E-state index contributed by atoms with van der Waals surface area (Å²) in [6, 6.07) is 16.6. The van der Waals surface area contributed by atoms with Gasteiger partial charge in [-0.1, -0.05) is 96.1 Å². The summed E-state index contributed by atoms with van der Waals surface area (Å²) in [7, 11) is 0. The number of ether oxygens (including phenoxy) is 1. The van der Waals surface area contributed by atoms with E-state index in [0.29, 0.717) is 28.9 Å². The first-order valence-corrected chi connectivity index (χ1v) is 10.6. The first-order chi connectivity index (χ1) is 13.7. The number of carbonyl (C=O) groups excluding carboxylic acids is 1. The lowest BCUT2D eigenvalue weighted by molar-refractivity contribution is 0.0746. The summed E-state index contributed by atoms with van der Waals surface area (Å²) in [5.74, 6) is 1.58. The monoisotopic (exact) mass is 398 g/mol. The predicted octanol–water partition coefficient (Wildman–Crippen LogP) is 6.12. The molecular weight excluding hydrogens is 360 g/mol. The summed E-state index contributed by atoms with van der Waals surface area (Å²) in [6.45, 7) is 14.7. The van der Waals surface area contributed by atoms with Gasteiger partial charge in [-0.15, -0.1) is 0 Å². The van der Waals surface area contributed by atoms with E-state index in [1.54, 1.807) is 18.2 Å². The van der Waals surface area contributed by atoms with Crippen LogP contribution in [0.4, 0.5) is 0 Å². The summed E-state index contributed by atoms with van der Waals surface area (Å²) in [4.78, 5) is 12.5. The quantitative estimate of drug-likeness (QED) is 0.518. The molecule has 0 fully saturated rings. The van der Waals surface area contributed by atoms with Gasteiger partial charge in [0.2, 0.25) is 0 Å². The standard InChI is InChI=1S/C18H20O2.C8H18O/c1-13(2)12-15-10-6-7-11-16(15)18(20)17(19)14-8-4-3-5-9-14;1-7(2)5-9-6-8(3)4/h3-11,13,17,19H,12H2,1-2H3;7-8H,5-6H2,1-4H3. The lowest BCUT2D eigenvalue weighted by Crippen LogP contribution is -2.15. The minimum atomic E-state index is -1.09. The summed E-state index contributed by atoms with van der Waals surface area (Å²) in [6.07, 6.45) is -0.256. The van der Waals surface area contributed by atoms with Crippen molar-refractivity contribution in [3.05, 3.63) is 71.3 Å². The van der Waals surface area contributed by atoms with E-state index >= 15 is 0 Å². The number of aliphatic hydroxyl groups excluding tert-OH is 1. The zero-order valence-corrected chi connectivity index (χ0v) is 18.9. The van der Waals surface area contributed by atoms with Gasteiger partial charge in [-0.3, -0.25) is 4.79 Å². The highest BCUT2D eigenvalue weighted by molar-refractivity contribution is 6.01. The average Bonchev–Trinajstić information content (AvgIpc) is 2.67. The van der Waals surface area contributed by atoms with Crippen LogP contribution in [-0.2, 0) is 11.2 Å². The van der Waals surface area contributed by atoms with Crippen molar-refractivity contribution < 1.29 is 14.6 Å². The topological polar surface area (TPSA) is 46.5 Å². The van der Waals surface area contributed by atoms with E-state index in [2.05, 4.69) is 41.5 Å². The van der Waals surface area contributed by atoms with E-state index in [1.165, 1.54) is 0 Å². The van der Waals surface area contributed by atoms with Gasteiger partial charge in [-0.25, -0.2) is 0 Å². The molecule has 2 aromatic carbocycles. The molecule has 3 nitrogen and oxygen atoms in total. The Balaban J connectivity index is 0.000000396. The number of rotatable bonds is 9. The van der Waals surface area contributed by atoms with Gasteiger partial charge < -0.3 is 9.84 Å². The van der Waals surface area contributed by atoms with Crippen LogP contribution in [0.15, 0.2) is 54.6 Å². The second-order valence-electron chi connectivity index (χ2n) is 8.76. The van der Waals surface area contributed by atoms with Crippen molar-refractivity contribution in [1.82, 2.24) is 0 Å². The Hall–Kier alpha value is -1.97. The molecule has 0 saturated heterocycles. The average molecular weight is 399 g/mol. The third-order valence-electron chi connectivity index (χ3n) is 4.18. The molecule has 3 heteroatoms. The third-order valence-corrected chi connectivity index (χ3v) is 4.18. The Labute approximate surface area is 177 Å². The predicted molar refractivity (Wildman–Crippen MR) is 121 cm³/mol. The maximum absolute atomic E-state index is 12.5. The van der Waals surface area contributed by atoms with Crippen molar-refractivity contribution >= 4 is 5.78 Å². The van der Waals surface area contributed by atoms with E-state index in [-0.39, 0.29) is 5.78 Å². The Morgan fingerprint density at radius 3 is 1.83 bits per heavy atom. The van der Waals surface area contributed by atoms with E-state index in [4.69, 9.17) is 4.74 Å². The van der Waals surface area contributed by atoms with Crippen molar-refractivity contribution in [2.45, 2.75) is 54.1 Å². The van der Waals surface area contributed by atoms with E-state index in [1.807, 2.05) is 36.4 Å². The molecule has 0 aliphatic carbocycles. The molecule has 0 saturated carbocycles. The van der Waals surface area contributed by atoms with Crippen LogP contribution in [0.2, 0.25) is 0 Å². The summed E-state index contributed by atoms with van der Waals surface area (Å²) >= 11 is 0. The Morgan fingerprint density at radius 2 is 1.31 bits per heavy atom. The normalized spacial score (nSPS) is 12.1. The fraction of sp³-hybridized carbons (Fsp3) is 0.500. The number of carbonyl (C=O) groups is 1. The van der Waals surface area contributed by atoms with Crippen molar-refractivity contribution in [3.8, 4) is 0 Å². The van der Waals surface area contributed by atoms with Crippen molar-refractivity contribution in [2.24, 2.45) is 17.8 Å². The highest BCUT2D eigenvalue weighted by Gasteiger charge is 2.21. The van der Waals surface area contributed by atoms with E-state index < -0.39 is 6.10 Å². The van der Waals surface area contributed by atoms with Crippen LogP contribution in [0.5, 0.6) is 0 Å². The van der Waals surface area contributed by atoms with Gasteiger partial charge >= 0.3 is 0 Å². The molecule has 1 unspecified atom stereocenters. The molecule has 0 aliphatic heterocycles. The molecule has 0 heterocycles. The van der Waals surface area contributed by atoms with Gasteiger partial charge in [0.05, 0.1) is 0 Å². The molecule has 0 amide bonds. The lowest BCUT2D eigenvalue weighted by Gasteiger charge is -2.14. The zero-order chi connectivity index (χ0) is 21.8. The minimum Gasteiger partial charge on any atom is -0.381 e. The third kappa shape index (κ3) is 9.87. The summed E-state index contributed by atoms with van der Waals surface area (Å²) in [5, 5.41) is 10.3. The Kier molecular flexibility index (Phi) is 11.5. The van der Waals surface area contributed by atoms with Gasteiger partial charge in [-0.2, -0.15) is 0 Å². The molecule has 0 spiro atoms. The van der Waals surface area contributed by atoms with E-state index in [0.717, 1.165) is 25.2 Å². The number of hydrogen-bond acceptors (Lipinski definition) is 3. The highest BCUT2D eigenvalue weighted by Crippen LogP contribution is 2.22.